The summed E-state index contributed by atoms with van der Waals surface area (Å²) in [6.45, 7) is 4.78. The second-order valence-corrected chi connectivity index (χ2v) is 20.3. The van der Waals surface area contributed by atoms with Crippen LogP contribution < -0.4 is 20.5 Å². The van der Waals surface area contributed by atoms with E-state index in [1.165, 1.54) is 43.6 Å². The van der Waals surface area contributed by atoms with E-state index in [1.807, 2.05) is 34.5 Å². The first kappa shape index (κ1) is 39.3. The van der Waals surface area contributed by atoms with Gasteiger partial charge in [-0.05, 0) is 81.2 Å². The zero-order chi connectivity index (χ0) is 40.9. The molecule has 1 aliphatic rings. The van der Waals surface area contributed by atoms with Crippen molar-refractivity contribution in [3.63, 3.8) is 0 Å². The minimum Gasteiger partial charge on any atom is -0.319 e. The minimum absolute atomic E-state index is 0. The molecule has 0 fully saturated rings. The van der Waals surface area contributed by atoms with Crippen molar-refractivity contribution in [2.45, 2.75) is 13.1 Å². The maximum absolute atomic E-state index is 5.11. The van der Waals surface area contributed by atoms with E-state index in [1.54, 1.807) is 0 Å². The van der Waals surface area contributed by atoms with Crippen LogP contribution in [0.2, 0.25) is 13.1 Å². The van der Waals surface area contributed by atoms with Gasteiger partial charge in [-0.15, -0.1) is 16.5 Å². The Morgan fingerprint density at radius 3 is 1.81 bits per heavy atom. The maximum atomic E-state index is 5.11. The Hall–Kier alpha value is -6.82. The van der Waals surface area contributed by atoms with Crippen LogP contribution in [-0.2, 0) is 21.1 Å². The minimum atomic E-state index is -2.38. The SMILES string of the molecule is C[Si](C)(c1[c-]c(N2[OH+]N(c3ccccc3)c3ccccc32)ccc1)c1[c-]c2c(cc1)c1ccccc1n2-c1cc(-c2c(-c3ccccc3)cccc2-c2ccccc2)ccn1.[Pt]. The van der Waals surface area contributed by atoms with Crippen molar-refractivity contribution >= 4 is 63.0 Å². The number of aromatic nitrogens is 2. The molecule has 1 aliphatic heterocycles. The largest absolute Gasteiger partial charge is 0.319 e. The van der Waals surface area contributed by atoms with Gasteiger partial charge in [-0.1, -0.05) is 151 Å². The van der Waals surface area contributed by atoms with Crippen LogP contribution in [-0.4, -0.2) is 22.6 Å². The molecule has 0 bridgehead atoms. The molecule has 1 N–H and O–H groups in total. The van der Waals surface area contributed by atoms with Crippen LogP contribution in [0.3, 0.4) is 0 Å². The van der Waals surface area contributed by atoms with E-state index in [4.69, 9.17) is 9.92 Å². The number of hydrogen-bond donors (Lipinski definition) is 0. The Kier molecular flexibility index (Phi) is 10.3. The van der Waals surface area contributed by atoms with Crippen LogP contribution in [0, 0.1) is 12.1 Å². The average molecular weight is 997 g/mol. The molecule has 0 unspecified atom stereocenters. The van der Waals surface area contributed by atoms with E-state index < -0.39 is 8.07 Å². The Balaban J connectivity index is 0.00000458. The summed E-state index contributed by atoms with van der Waals surface area (Å²) in [6, 6.07) is 78.5. The van der Waals surface area contributed by atoms with Crippen LogP contribution in [0.25, 0.3) is 61.0 Å². The van der Waals surface area contributed by atoms with Crippen molar-refractivity contribution in [2.75, 3.05) is 10.1 Å². The summed E-state index contributed by atoms with van der Waals surface area (Å²) in [5, 5.41) is 8.72. The second-order valence-electron chi connectivity index (χ2n) is 16.0. The van der Waals surface area contributed by atoms with Gasteiger partial charge < -0.3 is 4.57 Å². The molecule has 62 heavy (non-hydrogen) atoms. The molecular formula is C55H41N4OPtSi-. The Bertz CT molecular complexity index is 3170. The molecule has 0 amide bonds. The van der Waals surface area contributed by atoms with Crippen molar-refractivity contribution in [1.29, 1.82) is 0 Å². The number of pyridine rings is 1. The number of rotatable bonds is 8. The first-order chi connectivity index (χ1) is 30.0. The maximum Gasteiger partial charge on any atom is 0.148 e. The first-order valence-electron chi connectivity index (χ1n) is 20.7. The first-order valence-corrected chi connectivity index (χ1v) is 23.7. The van der Waals surface area contributed by atoms with Crippen molar-refractivity contribution in [2.24, 2.45) is 0 Å². The number of hydrogen-bond acceptors (Lipinski definition) is 3. The molecule has 3 heterocycles. The summed E-state index contributed by atoms with van der Waals surface area (Å²) in [5.74, 6) is 0.851. The molecule has 0 saturated heterocycles. The smallest absolute Gasteiger partial charge is 0.148 e. The van der Waals surface area contributed by atoms with Gasteiger partial charge in [0, 0.05) is 38.5 Å². The third-order valence-corrected chi connectivity index (χ3v) is 15.2. The number of para-hydroxylation sites is 4. The zero-order valence-electron chi connectivity index (χ0n) is 34.2. The van der Waals surface area contributed by atoms with E-state index in [0.717, 1.165) is 50.6 Å². The molecular weight excluding hydrogens is 956 g/mol. The number of benzene rings is 8. The van der Waals surface area contributed by atoms with E-state index in [2.05, 4.69) is 212 Å². The summed E-state index contributed by atoms with van der Waals surface area (Å²) in [5.41, 5.74) is 13.1. The summed E-state index contributed by atoms with van der Waals surface area (Å²) >= 11 is 0. The second kappa shape index (κ2) is 16.2. The quantitative estimate of drug-likeness (QED) is 0.0865. The van der Waals surface area contributed by atoms with Crippen LogP contribution >= 0.6 is 0 Å². The van der Waals surface area contributed by atoms with Gasteiger partial charge in [0.2, 0.25) is 0 Å². The Morgan fingerprint density at radius 1 is 0.500 bits per heavy atom. The molecule has 11 rings (SSSR count). The topological polar surface area (TPSA) is 37.1 Å². The van der Waals surface area contributed by atoms with Gasteiger partial charge in [-0.3, -0.25) is 0 Å². The predicted octanol–water partition coefficient (Wildman–Crippen LogP) is 12.7. The van der Waals surface area contributed by atoms with E-state index >= 15 is 0 Å². The van der Waals surface area contributed by atoms with Gasteiger partial charge in [-0.25, -0.2) is 4.98 Å². The van der Waals surface area contributed by atoms with Gasteiger partial charge >= 0.3 is 0 Å². The van der Waals surface area contributed by atoms with Crippen molar-refractivity contribution in [3.05, 3.63) is 219 Å². The molecule has 5 nitrogen and oxygen atoms in total. The normalized spacial score (nSPS) is 12.4. The molecule has 302 valence electrons. The summed E-state index contributed by atoms with van der Waals surface area (Å²) in [4.78, 5) is 10.2. The molecule has 8 aromatic carbocycles. The molecule has 0 aliphatic carbocycles. The van der Waals surface area contributed by atoms with E-state index in [-0.39, 0.29) is 21.1 Å². The summed E-state index contributed by atoms with van der Waals surface area (Å²) in [6.07, 6.45) is 1.95. The molecule has 2 aromatic heterocycles. The van der Waals surface area contributed by atoms with E-state index in [9.17, 15) is 0 Å². The molecule has 7 heteroatoms. The van der Waals surface area contributed by atoms with Crippen molar-refractivity contribution in [3.8, 4) is 39.2 Å². The number of anilines is 4. The fourth-order valence-electron chi connectivity index (χ4n) is 8.81. The van der Waals surface area contributed by atoms with Gasteiger partial charge in [0.05, 0.1) is 8.07 Å². The van der Waals surface area contributed by atoms with Crippen LogP contribution in [0.4, 0.5) is 22.7 Å². The Labute approximate surface area is 377 Å². The molecule has 0 spiro atoms. The van der Waals surface area contributed by atoms with Gasteiger partial charge in [0.15, 0.2) is 0 Å². The van der Waals surface area contributed by atoms with Crippen LogP contribution in [0.1, 0.15) is 0 Å². The van der Waals surface area contributed by atoms with Gasteiger partial charge in [-0.2, -0.15) is 51.7 Å². The van der Waals surface area contributed by atoms with Crippen LogP contribution in [0.15, 0.2) is 206 Å². The molecule has 0 atom stereocenters. The summed E-state index contributed by atoms with van der Waals surface area (Å²) in [7, 11) is -2.38. The molecule has 0 radical (unpaired) electrons. The number of fused-ring (bicyclic) bond motifs is 4. The van der Waals surface area contributed by atoms with E-state index in [0.29, 0.717) is 0 Å². The van der Waals surface area contributed by atoms with Crippen molar-refractivity contribution in [1.82, 2.24) is 9.55 Å². The molecule has 0 saturated carbocycles. The monoisotopic (exact) mass is 996 g/mol. The molecule has 10 aromatic rings. The number of nitrogens with zero attached hydrogens (tertiary/aromatic N) is 4. The third kappa shape index (κ3) is 6.77. The van der Waals surface area contributed by atoms with Gasteiger partial charge in [0.25, 0.3) is 0 Å². The predicted molar refractivity (Wildman–Crippen MR) is 255 cm³/mol. The Morgan fingerprint density at radius 2 is 1.10 bits per heavy atom. The van der Waals surface area contributed by atoms with Crippen molar-refractivity contribution < 1.29 is 26.0 Å². The third-order valence-electron chi connectivity index (χ3n) is 12.0. The summed E-state index contributed by atoms with van der Waals surface area (Å²) < 4.78 is 2.30. The van der Waals surface area contributed by atoms with Gasteiger partial charge in [0.1, 0.15) is 22.9 Å². The van der Waals surface area contributed by atoms with Crippen LogP contribution in [0.5, 0.6) is 0 Å². The standard InChI is InChI=1S/C55H40N4OSi.Pt/c1-61(2,44-25-16-24-43(37-44)59-52-31-15-14-30-51(52)58(60-59)42-22-10-5-11-23-42)45-32-33-49-48-26-12-13-29-50(48)57(53(49)38-45)54-36-41(34-35-56-54)55-46(39-18-6-3-7-19-39)27-17-28-47(55)40-20-8-4-9-21-40;/h3-36H,1-2H3;/q-2;/p+1. The fraction of sp³-hybridized carbons (Fsp3) is 0.0364. The fourth-order valence-corrected chi connectivity index (χ4v) is 11.0. The average Bonchev–Trinajstić information content (AvgIpc) is 3.88. The zero-order valence-corrected chi connectivity index (χ0v) is 37.5.